The number of para-hydroxylation sites is 1. The predicted molar refractivity (Wildman–Crippen MR) is 127 cm³/mol. The molecule has 0 spiro atoms. The summed E-state index contributed by atoms with van der Waals surface area (Å²) in [5.74, 6) is -0.437. The zero-order valence-electron chi connectivity index (χ0n) is 16.2. The van der Waals surface area contributed by atoms with E-state index >= 15 is 0 Å². The van der Waals surface area contributed by atoms with Gasteiger partial charge in [0.25, 0.3) is 10.0 Å². The lowest BCUT2D eigenvalue weighted by Crippen LogP contribution is -2.38. The van der Waals surface area contributed by atoms with Gasteiger partial charge in [0.05, 0.1) is 23.5 Å². The number of anilines is 2. The Morgan fingerprint density at radius 3 is 2.45 bits per heavy atom. The van der Waals surface area contributed by atoms with Crippen molar-refractivity contribution in [1.82, 2.24) is 0 Å². The van der Waals surface area contributed by atoms with E-state index in [9.17, 15) is 13.2 Å². The molecule has 0 aliphatic rings. The van der Waals surface area contributed by atoms with Crippen molar-refractivity contribution >= 4 is 66.4 Å². The number of nitrogens with one attached hydrogen (secondary N) is 1. The number of sulfonamides is 1. The molecule has 6 nitrogen and oxygen atoms in total. The van der Waals surface area contributed by atoms with Gasteiger partial charge in [0.2, 0.25) is 5.91 Å². The number of halogens is 3. The summed E-state index contributed by atoms with van der Waals surface area (Å²) >= 11 is 15.4. The molecule has 3 rings (SSSR count). The van der Waals surface area contributed by atoms with Crippen molar-refractivity contribution in [3.05, 3.63) is 81.2 Å². The van der Waals surface area contributed by atoms with Gasteiger partial charge in [-0.1, -0.05) is 57.3 Å². The Bertz CT molecular complexity index is 1210. The number of methoxy groups -OCH3 is 1. The van der Waals surface area contributed by atoms with E-state index in [1.54, 1.807) is 42.5 Å². The topological polar surface area (TPSA) is 75.7 Å². The zero-order chi connectivity index (χ0) is 22.6. The third-order valence-corrected chi connectivity index (χ3v) is 7.08. The minimum atomic E-state index is -4.17. The molecule has 0 fully saturated rings. The second kappa shape index (κ2) is 9.91. The first kappa shape index (κ1) is 23.4. The Kier molecular flexibility index (Phi) is 7.48. The van der Waals surface area contributed by atoms with Crippen LogP contribution in [0.25, 0.3) is 0 Å². The zero-order valence-corrected chi connectivity index (χ0v) is 20.1. The largest absolute Gasteiger partial charge is 0.495 e. The minimum absolute atomic E-state index is 0.0817. The summed E-state index contributed by atoms with van der Waals surface area (Å²) in [6.45, 7) is -0.495. The molecule has 162 valence electrons. The van der Waals surface area contributed by atoms with Crippen molar-refractivity contribution < 1.29 is 17.9 Å². The molecule has 0 saturated carbocycles. The lowest BCUT2D eigenvalue weighted by molar-refractivity contribution is -0.114. The first-order valence-corrected chi connectivity index (χ1v) is 11.9. The van der Waals surface area contributed by atoms with E-state index in [0.29, 0.717) is 15.2 Å². The van der Waals surface area contributed by atoms with E-state index in [1.807, 2.05) is 0 Å². The van der Waals surface area contributed by atoms with Gasteiger partial charge in [0, 0.05) is 9.50 Å². The third kappa shape index (κ3) is 5.51. The second-order valence-corrected chi connectivity index (χ2v) is 9.90. The Morgan fingerprint density at radius 2 is 1.77 bits per heavy atom. The molecule has 0 unspecified atom stereocenters. The molecule has 1 N–H and O–H groups in total. The van der Waals surface area contributed by atoms with Crippen molar-refractivity contribution in [2.45, 2.75) is 4.90 Å². The van der Waals surface area contributed by atoms with Gasteiger partial charge in [-0.25, -0.2) is 8.42 Å². The van der Waals surface area contributed by atoms with Crippen LogP contribution < -0.4 is 14.4 Å². The smallest absolute Gasteiger partial charge is 0.268 e. The van der Waals surface area contributed by atoms with Crippen LogP contribution in [0.1, 0.15) is 0 Å². The number of carbonyl (C=O) groups is 1. The minimum Gasteiger partial charge on any atom is -0.495 e. The molecule has 0 aliphatic carbocycles. The summed E-state index contributed by atoms with van der Waals surface area (Å²) in [5.41, 5.74) is 0.599. The fourth-order valence-corrected chi connectivity index (χ4v) is 5.25. The van der Waals surface area contributed by atoms with Gasteiger partial charge >= 0.3 is 0 Å². The summed E-state index contributed by atoms with van der Waals surface area (Å²) in [7, 11) is -2.79. The number of rotatable bonds is 7. The molecule has 0 bridgehead atoms. The summed E-state index contributed by atoms with van der Waals surface area (Å²) in [6.07, 6.45) is 0. The van der Waals surface area contributed by atoms with Crippen molar-refractivity contribution in [3.63, 3.8) is 0 Å². The van der Waals surface area contributed by atoms with Crippen LogP contribution in [0.3, 0.4) is 0 Å². The van der Waals surface area contributed by atoms with Gasteiger partial charge in [-0.3, -0.25) is 9.10 Å². The molecular formula is C21H17BrCl2N2O4S. The number of amides is 1. The van der Waals surface area contributed by atoms with Crippen LogP contribution in [0, 0.1) is 0 Å². The van der Waals surface area contributed by atoms with Gasteiger partial charge < -0.3 is 10.1 Å². The molecule has 0 radical (unpaired) electrons. The Balaban J connectivity index is 2.01. The standard InChI is InChI=1S/C21H17BrCl2N2O4S/c1-30-19-10-7-14(22)11-20(19)31(28,29)26(16-5-3-2-4-6-16)13-21(27)25-18-12-15(23)8-9-17(18)24/h2-12H,13H2,1H3,(H,25,27). The summed E-state index contributed by atoms with van der Waals surface area (Å²) in [6, 6.07) is 17.5. The maximum absolute atomic E-state index is 13.6. The van der Waals surface area contributed by atoms with Crippen molar-refractivity contribution in [3.8, 4) is 5.75 Å². The van der Waals surface area contributed by atoms with Crippen molar-refractivity contribution in [1.29, 1.82) is 0 Å². The average Bonchev–Trinajstić information content (AvgIpc) is 2.75. The highest BCUT2D eigenvalue weighted by Gasteiger charge is 2.30. The van der Waals surface area contributed by atoms with Crippen LogP contribution >= 0.6 is 39.1 Å². The van der Waals surface area contributed by atoms with E-state index in [2.05, 4.69) is 21.2 Å². The molecule has 0 aromatic heterocycles. The molecule has 0 saturated heterocycles. The van der Waals surface area contributed by atoms with Gasteiger partial charge in [-0.2, -0.15) is 0 Å². The normalized spacial score (nSPS) is 11.1. The number of ether oxygens (including phenoxy) is 1. The summed E-state index contributed by atoms with van der Waals surface area (Å²) < 4.78 is 33.9. The van der Waals surface area contributed by atoms with E-state index in [4.69, 9.17) is 27.9 Å². The van der Waals surface area contributed by atoms with E-state index < -0.39 is 22.5 Å². The number of hydrogen-bond acceptors (Lipinski definition) is 4. The molecule has 3 aromatic rings. The third-order valence-electron chi connectivity index (χ3n) is 4.23. The Labute approximate surface area is 198 Å². The Morgan fingerprint density at radius 1 is 1.06 bits per heavy atom. The number of carbonyl (C=O) groups excluding carboxylic acids is 1. The van der Waals surface area contributed by atoms with Crippen LogP contribution in [0.4, 0.5) is 11.4 Å². The van der Waals surface area contributed by atoms with Gasteiger partial charge in [-0.15, -0.1) is 0 Å². The molecule has 1 amide bonds. The van der Waals surface area contributed by atoms with Gasteiger partial charge in [0.1, 0.15) is 17.2 Å². The molecular weight excluding hydrogens is 527 g/mol. The highest BCUT2D eigenvalue weighted by Crippen LogP contribution is 2.32. The van der Waals surface area contributed by atoms with Crippen LogP contribution in [-0.4, -0.2) is 28.0 Å². The number of hydrogen-bond donors (Lipinski definition) is 1. The summed E-state index contributed by atoms with van der Waals surface area (Å²) in [5, 5.41) is 3.27. The van der Waals surface area contributed by atoms with Crippen LogP contribution in [0.2, 0.25) is 10.0 Å². The van der Waals surface area contributed by atoms with Crippen molar-refractivity contribution in [2.24, 2.45) is 0 Å². The monoisotopic (exact) mass is 542 g/mol. The van der Waals surface area contributed by atoms with Gasteiger partial charge in [-0.05, 0) is 48.5 Å². The second-order valence-electron chi connectivity index (χ2n) is 6.31. The van der Waals surface area contributed by atoms with E-state index in [0.717, 1.165) is 4.31 Å². The van der Waals surface area contributed by atoms with E-state index in [-0.39, 0.29) is 21.4 Å². The predicted octanol–water partition coefficient (Wildman–Crippen LogP) is 5.60. The van der Waals surface area contributed by atoms with Gasteiger partial charge in [0.15, 0.2) is 0 Å². The highest BCUT2D eigenvalue weighted by atomic mass is 79.9. The molecule has 0 heterocycles. The maximum atomic E-state index is 13.6. The highest BCUT2D eigenvalue weighted by molar-refractivity contribution is 9.10. The lowest BCUT2D eigenvalue weighted by atomic mass is 10.3. The lowest BCUT2D eigenvalue weighted by Gasteiger charge is -2.25. The van der Waals surface area contributed by atoms with Crippen LogP contribution in [0.5, 0.6) is 5.75 Å². The molecule has 0 aliphatic heterocycles. The molecule has 10 heteroatoms. The summed E-state index contributed by atoms with van der Waals surface area (Å²) in [4.78, 5) is 12.7. The van der Waals surface area contributed by atoms with Crippen molar-refractivity contribution in [2.75, 3.05) is 23.3 Å². The van der Waals surface area contributed by atoms with Crippen LogP contribution in [-0.2, 0) is 14.8 Å². The maximum Gasteiger partial charge on any atom is 0.268 e. The molecule has 0 atom stereocenters. The number of benzene rings is 3. The number of nitrogens with zero attached hydrogens (tertiary/aromatic N) is 1. The quantitative estimate of drug-likeness (QED) is 0.421. The first-order valence-electron chi connectivity index (χ1n) is 8.88. The average molecular weight is 544 g/mol. The SMILES string of the molecule is COc1ccc(Br)cc1S(=O)(=O)N(CC(=O)Nc1cc(Cl)ccc1Cl)c1ccccc1. The molecule has 3 aromatic carbocycles. The fraction of sp³-hybridized carbons (Fsp3) is 0.0952. The van der Waals surface area contributed by atoms with E-state index in [1.165, 1.54) is 31.4 Å². The molecule has 31 heavy (non-hydrogen) atoms. The fourth-order valence-electron chi connectivity index (χ4n) is 2.79. The first-order chi connectivity index (χ1) is 14.7. The van der Waals surface area contributed by atoms with Crippen LogP contribution in [0.15, 0.2) is 76.1 Å². The Hall–Kier alpha value is -2.26.